The minimum absolute atomic E-state index is 0.690. The van der Waals surface area contributed by atoms with Gasteiger partial charge in [-0.3, -0.25) is 9.46 Å². The van der Waals surface area contributed by atoms with E-state index in [1.807, 2.05) is 0 Å². The topological polar surface area (TPSA) is 60.8 Å². The minimum Gasteiger partial charge on any atom is -0.326 e. The molecule has 0 aromatic heterocycles. The summed E-state index contributed by atoms with van der Waals surface area (Å²) in [6.45, 7) is 12.3. The number of hydrogen-bond acceptors (Lipinski definition) is 2. The fourth-order valence-electron chi connectivity index (χ4n) is 1.33. The molecule has 0 bridgehead atoms. The van der Waals surface area contributed by atoms with Crippen LogP contribution in [0.3, 0.4) is 0 Å². The second-order valence-corrected chi connectivity index (χ2v) is 3.87. The van der Waals surface area contributed by atoms with Gasteiger partial charge < -0.3 is 9.79 Å². The zero-order chi connectivity index (χ0) is 11.0. The van der Waals surface area contributed by atoms with Crippen LogP contribution in [0, 0.1) is 0 Å². The maximum Gasteiger partial charge on any atom is 0.314 e. The lowest BCUT2D eigenvalue weighted by atomic mass is 10.2. The summed E-state index contributed by atoms with van der Waals surface area (Å²) in [5, 5.41) is 0. The van der Waals surface area contributed by atoms with E-state index < -0.39 is 8.25 Å². The summed E-state index contributed by atoms with van der Waals surface area (Å²) >= 11 is 0. The molecule has 82 valence electrons. The predicted molar refractivity (Wildman–Crippen MR) is 56.1 cm³/mol. The minimum atomic E-state index is -3.13. The van der Waals surface area contributed by atoms with Crippen molar-refractivity contribution >= 4 is 8.25 Å². The number of rotatable bonds is 3. The average molecular weight is 211 g/mol. The molecule has 2 N–H and O–H groups in total. The Bertz CT molecular complexity index is 127. The second-order valence-electron chi connectivity index (χ2n) is 3.30. The molecular weight excluding hydrogens is 189 g/mol. The van der Waals surface area contributed by atoms with E-state index in [0.717, 1.165) is 6.54 Å². The van der Waals surface area contributed by atoms with Crippen LogP contribution in [-0.2, 0) is 4.57 Å². The Morgan fingerprint density at radius 3 is 1.38 bits per heavy atom. The summed E-state index contributed by atoms with van der Waals surface area (Å²) in [5.41, 5.74) is 0. The molecule has 0 saturated carbocycles. The molecule has 0 rings (SSSR count). The molecule has 0 spiro atoms. The lowest BCUT2D eigenvalue weighted by Gasteiger charge is -2.28. The van der Waals surface area contributed by atoms with Crippen LogP contribution in [0.5, 0.6) is 0 Å². The summed E-state index contributed by atoms with van der Waals surface area (Å²) in [5.74, 6) is 0. The van der Waals surface area contributed by atoms with E-state index in [0.29, 0.717) is 12.1 Å². The highest BCUT2D eigenvalue weighted by molar-refractivity contribution is 7.30. The number of nitrogens with zero attached hydrogens (tertiary/aromatic N) is 1. The largest absolute Gasteiger partial charge is 0.326 e. The van der Waals surface area contributed by atoms with E-state index in [2.05, 4.69) is 39.5 Å². The molecule has 0 saturated heterocycles. The highest BCUT2D eigenvalue weighted by Gasteiger charge is 2.08. The fraction of sp³-hybridized carbons (Fsp3) is 1.00. The molecule has 0 radical (unpaired) electrons. The van der Waals surface area contributed by atoms with Crippen molar-refractivity contribution < 1.29 is 14.4 Å². The maximum absolute atomic E-state index is 8.74. The van der Waals surface area contributed by atoms with Gasteiger partial charge in [-0.1, -0.05) is 6.92 Å². The first-order valence-corrected chi connectivity index (χ1v) is 5.80. The average Bonchev–Trinajstić information content (AvgIpc) is 1.84. The SMILES string of the molecule is CCN(C(C)C)C(C)C.O=[PH](O)O. The zero-order valence-corrected chi connectivity index (χ0v) is 10.1. The molecular formula is C8H22NO3P. The summed E-state index contributed by atoms with van der Waals surface area (Å²) in [6, 6.07) is 1.38. The van der Waals surface area contributed by atoms with Crippen LogP contribution in [0.4, 0.5) is 0 Å². The first kappa shape index (κ1) is 15.6. The molecule has 0 aromatic rings. The first-order valence-electron chi connectivity index (χ1n) is 4.50. The van der Waals surface area contributed by atoms with Crippen LogP contribution in [0.1, 0.15) is 34.6 Å². The highest BCUT2D eigenvalue weighted by atomic mass is 31.1. The lowest BCUT2D eigenvalue weighted by Crippen LogP contribution is -2.36. The van der Waals surface area contributed by atoms with Gasteiger partial charge in [-0.2, -0.15) is 0 Å². The van der Waals surface area contributed by atoms with Gasteiger partial charge in [0, 0.05) is 12.1 Å². The van der Waals surface area contributed by atoms with Crippen molar-refractivity contribution in [2.75, 3.05) is 6.54 Å². The Morgan fingerprint density at radius 2 is 1.38 bits per heavy atom. The summed E-state index contributed by atoms with van der Waals surface area (Å²) in [4.78, 5) is 16.8. The molecule has 0 amide bonds. The summed E-state index contributed by atoms with van der Waals surface area (Å²) < 4.78 is 8.74. The van der Waals surface area contributed by atoms with Gasteiger partial charge >= 0.3 is 8.25 Å². The summed E-state index contributed by atoms with van der Waals surface area (Å²) in [7, 11) is -3.13. The molecule has 0 aliphatic heterocycles. The second kappa shape index (κ2) is 8.70. The quantitative estimate of drug-likeness (QED) is 0.694. The van der Waals surface area contributed by atoms with Crippen LogP contribution < -0.4 is 0 Å². The molecule has 0 heterocycles. The van der Waals surface area contributed by atoms with E-state index in [9.17, 15) is 0 Å². The van der Waals surface area contributed by atoms with Crippen LogP contribution in [-0.4, -0.2) is 33.3 Å². The van der Waals surface area contributed by atoms with Crippen molar-refractivity contribution in [2.24, 2.45) is 0 Å². The Balaban J connectivity index is 0. The maximum atomic E-state index is 8.74. The zero-order valence-electron chi connectivity index (χ0n) is 9.11. The van der Waals surface area contributed by atoms with Crippen molar-refractivity contribution in [3.63, 3.8) is 0 Å². The molecule has 0 unspecified atom stereocenters. The van der Waals surface area contributed by atoms with Gasteiger partial charge in [-0.15, -0.1) is 0 Å². The normalized spacial score (nSPS) is 11.0. The summed E-state index contributed by atoms with van der Waals surface area (Å²) in [6.07, 6.45) is 0. The third-order valence-electron chi connectivity index (χ3n) is 1.69. The molecule has 13 heavy (non-hydrogen) atoms. The van der Waals surface area contributed by atoms with Gasteiger partial charge in [-0.25, -0.2) is 0 Å². The van der Waals surface area contributed by atoms with Crippen molar-refractivity contribution in [1.82, 2.24) is 4.90 Å². The molecule has 0 aliphatic carbocycles. The smallest absolute Gasteiger partial charge is 0.314 e. The fourth-order valence-corrected chi connectivity index (χ4v) is 1.33. The predicted octanol–water partition coefficient (Wildman–Crippen LogP) is 1.49. The van der Waals surface area contributed by atoms with Gasteiger partial charge in [0.05, 0.1) is 0 Å². The van der Waals surface area contributed by atoms with Crippen molar-refractivity contribution in [2.45, 2.75) is 46.7 Å². The van der Waals surface area contributed by atoms with Crippen LogP contribution in [0.15, 0.2) is 0 Å². The van der Waals surface area contributed by atoms with Crippen molar-refractivity contribution in [1.29, 1.82) is 0 Å². The van der Waals surface area contributed by atoms with E-state index in [1.165, 1.54) is 0 Å². The third kappa shape index (κ3) is 12.1. The van der Waals surface area contributed by atoms with Crippen molar-refractivity contribution in [3.8, 4) is 0 Å². The van der Waals surface area contributed by atoms with E-state index >= 15 is 0 Å². The van der Waals surface area contributed by atoms with Crippen LogP contribution in [0.25, 0.3) is 0 Å². The highest BCUT2D eigenvalue weighted by Crippen LogP contribution is 2.02. The van der Waals surface area contributed by atoms with Gasteiger partial charge in [0.2, 0.25) is 0 Å². The Kier molecular flexibility index (Phi) is 10.4. The van der Waals surface area contributed by atoms with E-state index in [-0.39, 0.29) is 0 Å². The van der Waals surface area contributed by atoms with E-state index in [4.69, 9.17) is 14.4 Å². The molecule has 0 aromatic carbocycles. The van der Waals surface area contributed by atoms with Gasteiger partial charge in [0.1, 0.15) is 0 Å². The molecule has 0 atom stereocenters. The van der Waals surface area contributed by atoms with Gasteiger partial charge in [0.25, 0.3) is 0 Å². The standard InChI is InChI=1S/C8H19N.H3O3P/c1-6-9(7(2)3)8(4)5;1-4(2)3/h7-8H,6H2,1-5H3;4H,(H2,1,2,3). The van der Waals surface area contributed by atoms with Crippen LogP contribution in [0.2, 0.25) is 0 Å². The molecule has 4 nitrogen and oxygen atoms in total. The molecule has 5 heteroatoms. The molecule has 0 fully saturated rings. The third-order valence-corrected chi connectivity index (χ3v) is 1.69. The Hall–Kier alpha value is 0.110. The lowest BCUT2D eigenvalue weighted by molar-refractivity contribution is 0.185. The van der Waals surface area contributed by atoms with E-state index in [1.54, 1.807) is 0 Å². The molecule has 0 aliphatic rings. The number of hydrogen-bond donors (Lipinski definition) is 2. The Labute approximate surface area is 81.5 Å². The van der Waals surface area contributed by atoms with Gasteiger partial charge in [-0.05, 0) is 34.2 Å². The first-order chi connectivity index (χ1) is 5.82. The van der Waals surface area contributed by atoms with Crippen LogP contribution >= 0.6 is 8.25 Å². The monoisotopic (exact) mass is 211 g/mol. The van der Waals surface area contributed by atoms with Crippen molar-refractivity contribution in [3.05, 3.63) is 0 Å². The van der Waals surface area contributed by atoms with Gasteiger partial charge in [0.15, 0.2) is 0 Å². The Morgan fingerprint density at radius 1 is 1.15 bits per heavy atom.